The largest absolute Gasteiger partial charge is 0.480 e. The SMILES string of the molecule is Nc1ccc(C(=O)Nc2ccc(C(=O)NCC(=O)O)cc2)o1. The Labute approximate surface area is 124 Å². The van der Waals surface area contributed by atoms with E-state index >= 15 is 0 Å². The summed E-state index contributed by atoms with van der Waals surface area (Å²) in [7, 11) is 0. The topological polar surface area (TPSA) is 135 Å². The molecule has 0 spiro atoms. The lowest BCUT2D eigenvalue weighted by Gasteiger charge is -2.05. The monoisotopic (exact) mass is 303 g/mol. The number of carbonyl (C=O) groups excluding carboxylic acids is 2. The maximum Gasteiger partial charge on any atom is 0.322 e. The third-order valence-electron chi connectivity index (χ3n) is 2.66. The van der Waals surface area contributed by atoms with Gasteiger partial charge in [-0.1, -0.05) is 0 Å². The Kier molecular flexibility index (Phi) is 4.42. The van der Waals surface area contributed by atoms with Gasteiger partial charge in [0, 0.05) is 17.3 Å². The van der Waals surface area contributed by atoms with Crippen molar-refractivity contribution in [2.75, 3.05) is 17.6 Å². The molecule has 0 saturated carbocycles. The second-order valence-electron chi connectivity index (χ2n) is 4.31. The van der Waals surface area contributed by atoms with E-state index in [1.54, 1.807) is 0 Å². The molecule has 2 rings (SSSR count). The normalized spacial score (nSPS) is 10.0. The van der Waals surface area contributed by atoms with Gasteiger partial charge in [-0.15, -0.1) is 0 Å². The van der Waals surface area contributed by atoms with Crippen LogP contribution >= 0.6 is 0 Å². The Morgan fingerprint density at radius 2 is 1.73 bits per heavy atom. The van der Waals surface area contributed by atoms with E-state index in [4.69, 9.17) is 15.3 Å². The van der Waals surface area contributed by atoms with Gasteiger partial charge in [-0.3, -0.25) is 14.4 Å². The summed E-state index contributed by atoms with van der Waals surface area (Å²) in [6, 6.07) is 8.86. The molecule has 0 unspecified atom stereocenters. The third kappa shape index (κ3) is 3.85. The highest BCUT2D eigenvalue weighted by Crippen LogP contribution is 2.14. The first-order valence-corrected chi connectivity index (χ1v) is 6.22. The molecule has 1 heterocycles. The van der Waals surface area contributed by atoms with E-state index in [2.05, 4.69) is 10.6 Å². The molecule has 2 amide bonds. The van der Waals surface area contributed by atoms with Gasteiger partial charge in [-0.2, -0.15) is 0 Å². The van der Waals surface area contributed by atoms with E-state index in [1.807, 2.05) is 0 Å². The number of carboxylic acid groups (broad SMARTS) is 1. The van der Waals surface area contributed by atoms with Crippen molar-refractivity contribution in [3.63, 3.8) is 0 Å². The van der Waals surface area contributed by atoms with Crippen LogP contribution in [0, 0.1) is 0 Å². The van der Waals surface area contributed by atoms with Crippen LogP contribution in [-0.4, -0.2) is 29.4 Å². The second kappa shape index (κ2) is 6.44. The van der Waals surface area contributed by atoms with Gasteiger partial charge < -0.3 is 25.9 Å². The van der Waals surface area contributed by atoms with Crippen LogP contribution in [-0.2, 0) is 4.79 Å². The number of carboxylic acids is 1. The minimum Gasteiger partial charge on any atom is -0.480 e. The molecule has 0 saturated heterocycles. The zero-order chi connectivity index (χ0) is 16.1. The average molecular weight is 303 g/mol. The van der Waals surface area contributed by atoms with Crippen LogP contribution in [0.15, 0.2) is 40.8 Å². The quantitative estimate of drug-likeness (QED) is 0.649. The fraction of sp³-hybridized carbons (Fsp3) is 0.0714. The minimum absolute atomic E-state index is 0.0702. The summed E-state index contributed by atoms with van der Waals surface area (Å²) in [5, 5.41) is 13.3. The molecule has 8 nitrogen and oxygen atoms in total. The van der Waals surface area contributed by atoms with Crippen molar-refractivity contribution in [1.29, 1.82) is 0 Å². The first kappa shape index (κ1) is 15.1. The van der Waals surface area contributed by atoms with Gasteiger partial charge in [0.05, 0.1) is 0 Å². The van der Waals surface area contributed by atoms with E-state index in [9.17, 15) is 14.4 Å². The Morgan fingerprint density at radius 3 is 2.27 bits per heavy atom. The number of hydrogen-bond acceptors (Lipinski definition) is 5. The smallest absolute Gasteiger partial charge is 0.322 e. The second-order valence-corrected chi connectivity index (χ2v) is 4.31. The number of nitrogen functional groups attached to an aromatic ring is 1. The number of nitrogens with one attached hydrogen (secondary N) is 2. The van der Waals surface area contributed by atoms with Gasteiger partial charge in [0.25, 0.3) is 11.8 Å². The molecular weight excluding hydrogens is 290 g/mol. The van der Waals surface area contributed by atoms with Crippen LogP contribution < -0.4 is 16.4 Å². The Bertz CT molecular complexity index is 706. The van der Waals surface area contributed by atoms with Crippen molar-refractivity contribution < 1.29 is 23.9 Å². The standard InChI is InChI=1S/C14H13N3O5/c15-11-6-5-10(22-11)14(21)17-9-3-1-8(2-4-9)13(20)16-7-12(18)19/h1-6H,7,15H2,(H,16,20)(H,17,21)(H,18,19). The Morgan fingerprint density at radius 1 is 1.05 bits per heavy atom. The van der Waals surface area contributed by atoms with Crippen LogP contribution in [0.3, 0.4) is 0 Å². The molecular formula is C14H13N3O5. The predicted octanol–water partition coefficient (Wildman–Crippen LogP) is 0.928. The highest BCUT2D eigenvalue weighted by atomic mass is 16.4. The summed E-state index contributed by atoms with van der Waals surface area (Å²) in [6.45, 7) is -0.461. The molecule has 114 valence electrons. The van der Waals surface area contributed by atoms with Crippen molar-refractivity contribution >= 4 is 29.4 Å². The van der Waals surface area contributed by atoms with Crippen LogP contribution in [0.1, 0.15) is 20.9 Å². The third-order valence-corrected chi connectivity index (χ3v) is 2.66. The van der Waals surface area contributed by atoms with Gasteiger partial charge in [-0.05, 0) is 30.3 Å². The van der Waals surface area contributed by atoms with Crippen molar-refractivity contribution in [1.82, 2.24) is 5.32 Å². The highest BCUT2D eigenvalue weighted by Gasteiger charge is 2.11. The number of furan rings is 1. The number of carbonyl (C=O) groups is 3. The van der Waals surface area contributed by atoms with Crippen LogP contribution in [0.4, 0.5) is 11.6 Å². The molecule has 22 heavy (non-hydrogen) atoms. The molecule has 0 atom stereocenters. The molecule has 5 N–H and O–H groups in total. The molecule has 0 bridgehead atoms. The minimum atomic E-state index is -1.13. The van der Waals surface area contributed by atoms with E-state index in [1.165, 1.54) is 36.4 Å². The van der Waals surface area contributed by atoms with Gasteiger partial charge >= 0.3 is 5.97 Å². The number of hydrogen-bond donors (Lipinski definition) is 4. The first-order valence-electron chi connectivity index (χ1n) is 6.22. The van der Waals surface area contributed by atoms with Gasteiger partial charge in [-0.25, -0.2) is 0 Å². The van der Waals surface area contributed by atoms with Gasteiger partial charge in [0.15, 0.2) is 11.6 Å². The fourth-order valence-corrected chi connectivity index (χ4v) is 1.63. The van der Waals surface area contributed by atoms with Gasteiger partial charge in [0.1, 0.15) is 6.54 Å². The number of aliphatic carboxylic acids is 1. The zero-order valence-corrected chi connectivity index (χ0v) is 11.3. The van der Waals surface area contributed by atoms with Crippen LogP contribution in [0.2, 0.25) is 0 Å². The lowest BCUT2D eigenvalue weighted by molar-refractivity contribution is -0.135. The fourth-order valence-electron chi connectivity index (χ4n) is 1.63. The van der Waals surface area contributed by atoms with Crippen molar-refractivity contribution in [2.45, 2.75) is 0 Å². The van der Waals surface area contributed by atoms with E-state index in [-0.39, 0.29) is 17.2 Å². The van der Waals surface area contributed by atoms with Gasteiger partial charge in [0.2, 0.25) is 0 Å². The molecule has 0 aliphatic carbocycles. The van der Waals surface area contributed by atoms with E-state index in [0.717, 1.165) is 0 Å². The zero-order valence-electron chi connectivity index (χ0n) is 11.3. The summed E-state index contributed by atoms with van der Waals surface area (Å²) in [4.78, 5) is 33.8. The summed E-state index contributed by atoms with van der Waals surface area (Å²) >= 11 is 0. The first-order chi connectivity index (χ1) is 10.5. The molecule has 1 aromatic carbocycles. The van der Waals surface area contributed by atoms with Crippen molar-refractivity contribution in [2.24, 2.45) is 0 Å². The molecule has 2 aromatic rings. The highest BCUT2D eigenvalue weighted by molar-refractivity contribution is 6.03. The number of anilines is 2. The Balaban J connectivity index is 1.98. The molecule has 0 aliphatic heterocycles. The molecule has 0 radical (unpaired) electrons. The lowest BCUT2D eigenvalue weighted by Crippen LogP contribution is -2.29. The van der Waals surface area contributed by atoms with Crippen molar-refractivity contribution in [3.05, 3.63) is 47.7 Å². The maximum absolute atomic E-state index is 11.8. The van der Waals surface area contributed by atoms with E-state index in [0.29, 0.717) is 5.69 Å². The van der Waals surface area contributed by atoms with Crippen LogP contribution in [0.25, 0.3) is 0 Å². The molecule has 1 aromatic heterocycles. The average Bonchev–Trinajstić information content (AvgIpc) is 2.92. The molecule has 0 aliphatic rings. The van der Waals surface area contributed by atoms with Crippen molar-refractivity contribution in [3.8, 4) is 0 Å². The summed E-state index contributed by atoms with van der Waals surface area (Å²) < 4.78 is 4.98. The Hall–Kier alpha value is -3.29. The predicted molar refractivity (Wildman–Crippen MR) is 77.5 cm³/mol. The number of rotatable bonds is 5. The maximum atomic E-state index is 11.8. The number of nitrogens with two attached hydrogens (primary N) is 1. The molecule has 0 fully saturated rings. The molecule has 8 heteroatoms. The number of amides is 2. The van der Waals surface area contributed by atoms with Crippen LogP contribution in [0.5, 0.6) is 0 Å². The lowest BCUT2D eigenvalue weighted by atomic mass is 10.2. The summed E-state index contributed by atoms with van der Waals surface area (Å²) in [6.07, 6.45) is 0. The van der Waals surface area contributed by atoms with E-state index < -0.39 is 24.3 Å². The summed E-state index contributed by atoms with van der Waals surface area (Å²) in [5.74, 6) is -1.91. The number of benzene rings is 1. The summed E-state index contributed by atoms with van der Waals surface area (Å²) in [5.41, 5.74) is 6.11.